The molecular weight excluding hydrogens is 402 g/mol. The molecule has 0 spiro atoms. The van der Waals surface area contributed by atoms with Crippen LogP contribution in [0.4, 0.5) is 0 Å². The second-order valence-corrected chi connectivity index (χ2v) is 8.30. The molecule has 1 aromatic carbocycles. The number of aromatic nitrogens is 3. The van der Waals surface area contributed by atoms with Crippen molar-refractivity contribution >= 4 is 17.2 Å². The Labute approximate surface area is 177 Å². The maximum Gasteiger partial charge on any atom is 0.253 e. The minimum absolute atomic E-state index is 0.0250. The Morgan fingerprint density at radius 1 is 1.13 bits per heavy atom. The van der Waals surface area contributed by atoms with E-state index in [1.54, 1.807) is 36.7 Å². The number of benzene rings is 1. The molecule has 3 aromatic heterocycles. The van der Waals surface area contributed by atoms with Gasteiger partial charge in [-0.2, -0.15) is 0 Å². The molecule has 1 aliphatic carbocycles. The third-order valence-corrected chi connectivity index (χ3v) is 6.08. The Morgan fingerprint density at radius 2 is 1.93 bits per heavy atom. The van der Waals surface area contributed by atoms with Gasteiger partial charge in [-0.25, -0.2) is 4.98 Å². The van der Waals surface area contributed by atoms with E-state index >= 15 is 0 Å². The standard InChI is InChI=1S/C23H20ClN3O3/c1-12-7-14(10-26(2)23(12)30)13-3-6-20-25-21-19(29)9-17(22(21)27(20)11-13)16-8-15(24)4-5-18(16)28/h3-8,10-11,17,19,28-29H,9H2,1-2H3/t17-,19-/m1/s1. The summed E-state index contributed by atoms with van der Waals surface area (Å²) in [6.07, 6.45) is 3.49. The van der Waals surface area contributed by atoms with E-state index in [-0.39, 0.29) is 17.2 Å². The number of pyridine rings is 2. The molecule has 2 atom stereocenters. The first-order chi connectivity index (χ1) is 14.3. The third-order valence-electron chi connectivity index (χ3n) is 5.85. The van der Waals surface area contributed by atoms with Gasteiger partial charge in [0.25, 0.3) is 5.56 Å². The molecule has 0 aliphatic heterocycles. The van der Waals surface area contributed by atoms with Crippen LogP contribution in [-0.4, -0.2) is 24.2 Å². The second kappa shape index (κ2) is 6.72. The van der Waals surface area contributed by atoms with Crippen molar-refractivity contribution < 1.29 is 10.2 Å². The number of aryl methyl sites for hydroxylation is 2. The van der Waals surface area contributed by atoms with Gasteiger partial charge in [0.2, 0.25) is 0 Å². The van der Waals surface area contributed by atoms with Gasteiger partial charge in [0.05, 0.1) is 17.5 Å². The van der Waals surface area contributed by atoms with E-state index in [2.05, 4.69) is 4.98 Å². The maximum absolute atomic E-state index is 12.1. The summed E-state index contributed by atoms with van der Waals surface area (Å²) in [7, 11) is 1.74. The molecule has 0 saturated carbocycles. The largest absolute Gasteiger partial charge is 0.508 e. The molecule has 30 heavy (non-hydrogen) atoms. The number of rotatable bonds is 2. The van der Waals surface area contributed by atoms with E-state index in [9.17, 15) is 15.0 Å². The Hall–Kier alpha value is -3.09. The molecule has 1 aliphatic rings. The zero-order valence-corrected chi connectivity index (χ0v) is 17.3. The first-order valence-corrected chi connectivity index (χ1v) is 10.1. The molecule has 0 radical (unpaired) electrons. The van der Waals surface area contributed by atoms with Crippen LogP contribution in [0, 0.1) is 6.92 Å². The number of nitrogens with zero attached hydrogens (tertiary/aromatic N) is 3. The van der Waals surface area contributed by atoms with Crippen LogP contribution >= 0.6 is 11.6 Å². The number of phenolic OH excluding ortho intramolecular Hbond substituents is 1. The lowest BCUT2D eigenvalue weighted by atomic mass is 9.95. The van der Waals surface area contributed by atoms with Crippen LogP contribution in [0.5, 0.6) is 5.75 Å². The second-order valence-electron chi connectivity index (χ2n) is 7.86. The smallest absolute Gasteiger partial charge is 0.253 e. The summed E-state index contributed by atoms with van der Waals surface area (Å²) in [6, 6.07) is 10.7. The van der Waals surface area contributed by atoms with Gasteiger partial charge in [0.15, 0.2) is 0 Å². The number of hydrogen-bond acceptors (Lipinski definition) is 4. The fourth-order valence-corrected chi connectivity index (χ4v) is 4.58. The Kier molecular flexibility index (Phi) is 4.24. The molecule has 0 unspecified atom stereocenters. The summed E-state index contributed by atoms with van der Waals surface area (Å²) in [5.74, 6) is -0.0925. The molecule has 152 valence electrons. The quantitative estimate of drug-likeness (QED) is 0.514. The van der Waals surface area contributed by atoms with Gasteiger partial charge in [-0.15, -0.1) is 0 Å². The number of aromatic hydroxyl groups is 1. The predicted molar refractivity (Wildman–Crippen MR) is 115 cm³/mol. The zero-order chi connectivity index (χ0) is 21.2. The normalized spacial score (nSPS) is 18.1. The molecule has 5 rings (SSSR count). The lowest BCUT2D eigenvalue weighted by molar-refractivity contribution is 0.172. The molecule has 4 aromatic rings. The summed E-state index contributed by atoms with van der Waals surface area (Å²) < 4.78 is 3.54. The molecule has 6 nitrogen and oxygen atoms in total. The van der Waals surface area contributed by atoms with Gasteiger partial charge in [-0.1, -0.05) is 11.6 Å². The van der Waals surface area contributed by atoms with E-state index in [0.29, 0.717) is 28.3 Å². The Bertz CT molecular complexity index is 1350. The highest BCUT2D eigenvalue weighted by Crippen LogP contribution is 2.47. The zero-order valence-electron chi connectivity index (χ0n) is 16.5. The van der Waals surface area contributed by atoms with E-state index < -0.39 is 6.10 Å². The van der Waals surface area contributed by atoms with Gasteiger partial charge in [0, 0.05) is 41.5 Å². The first kappa shape index (κ1) is 18.9. The van der Waals surface area contributed by atoms with E-state index in [1.165, 1.54) is 0 Å². The van der Waals surface area contributed by atoms with Gasteiger partial charge in [0.1, 0.15) is 11.4 Å². The minimum atomic E-state index is -0.716. The van der Waals surface area contributed by atoms with E-state index in [1.807, 2.05) is 35.0 Å². The summed E-state index contributed by atoms with van der Waals surface area (Å²) in [5.41, 5.74) is 5.34. The molecule has 0 amide bonds. The highest BCUT2D eigenvalue weighted by molar-refractivity contribution is 6.30. The van der Waals surface area contributed by atoms with Gasteiger partial charge in [-0.3, -0.25) is 4.79 Å². The molecule has 2 N–H and O–H groups in total. The van der Waals surface area contributed by atoms with Crippen LogP contribution in [-0.2, 0) is 7.05 Å². The first-order valence-electron chi connectivity index (χ1n) is 9.69. The summed E-state index contributed by atoms with van der Waals surface area (Å²) in [5, 5.41) is 21.6. The SMILES string of the molecule is Cc1cc(-c2ccc3nc4c(n3c2)[C@@H](c2cc(Cl)ccc2O)C[C@H]4O)cn(C)c1=O. The summed E-state index contributed by atoms with van der Waals surface area (Å²) in [4.78, 5) is 16.7. The van der Waals surface area contributed by atoms with Crippen molar-refractivity contribution in [2.45, 2.75) is 25.4 Å². The van der Waals surface area contributed by atoms with Crippen molar-refractivity contribution in [3.63, 3.8) is 0 Å². The van der Waals surface area contributed by atoms with Gasteiger partial charge in [-0.05, 0) is 60.9 Å². The monoisotopic (exact) mass is 421 g/mol. The lowest BCUT2D eigenvalue weighted by Gasteiger charge is -2.15. The van der Waals surface area contributed by atoms with E-state index in [4.69, 9.17) is 11.6 Å². The number of phenols is 1. The van der Waals surface area contributed by atoms with Crippen molar-refractivity contribution in [2.24, 2.45) is 7.05 Å². The van der Waals surface area contributed by atoms with Crippen molar-refractivity contribution in [2.75, 3.05) is 0 Å². The third kappa shape index (κ3) is 2.83. The lowest BCUT2D eigenvalue weighted by Crippen LogP contribution is -2.18. The van der Waals surface area contributed by atoms with Crippen LogP contribution in [0.25, 0.3) is 16.8 Å². The van der Waals surface area contributed by atoms with Crippen molar-refractivity contribution in [1.82, 2.24) is 14.0 Å². The Balaban J connectivity index is 1.71. The molecule has 0 fully saturated rings. The fraction of sp³-hybridized carbons (Fsp3) is 0.217. The van der Waals surface area contributed by atoms with Crippen LogP contribution in [0.3, 0.4) is 0 Å². The summed E-state index contributed by atoms with van der Waals surface area (Å²) >= 11 is 6.17. The average molecular weight is 422 g/mol. The van der Waals surface area contributed by atoms with Crippen LogP contribution in [0.15, 0.2) is 53.6 Å². The fourth-order valence-electron chi connectivity index (χ4n) is 4.40. The van der Waals surface area contributed by atoms with Crippen LogP contribution < -0.4 is 5.56 Å². The number of fused-ring (bicyclic) bond motifs is 3. The molecule has 7 heteroatoms. The highest BCUT2D eigenvalue weighted by Gasteiger charge is 2.37. The van der Waals surface area contributed by atoms with Crippen molar-refractivity contribution in [1.29, 1.82) is 0 Å². The van der Waals surface area contributed by atoms with Gasteiger partial charge < -0.3 is 19.2 Å². The summed E-state index contributed by atoms with van der Waals surface area (Å²) in [6.45, 7) is 1.80. The van der Waals surface area contributed by atoms with E-state index in [0.717, 1.165) is 22.5 Å². The Morgan fingerprint density at radius 3 is 2.70 bits per heavy atom. The number of aliphatic hydroxyl groups excluding tert-OH is 1. The number of imidazole rings is 1. The predicted octanol–water partition coefficient (Wildman–Crippen LogP) is 3.94. The van der Waals surface area contributed by atoms with Crippen LogP contribution in [0.2, 0.25) is 5.02 Å². The van der Waals surface area contributed by atoms with Crippen molar-refractivity contribution in [3.05, 3.63) is 86.7 Å². The van der Waals surface area contributed by atoms with Crippen molar-refractivity contribution in [3.8, 4) is 16.9 Å². The number of hydrogen-bond donors (Lipinski definition) is 2. The highest BCUT2D eigenvalue weighted by atomic mass is 35.5. The molecular formula is C23H20ClN3O3. The average Bonchev–Trinajstić information content (AvgIpc) is 3.25. The number of halogens is 1. The topological polar surface area (TPSA) is 79.8 Å². The molecule has 0 bridgehead atoms. The maximum atomic E-state index is 12.1. The number of aliphatic hydroxyl groups is 1. The van der Waals surface area contributed by atoms with Gasteiger partial charge >= 0.3 is 0 Å². The molecule has 3 heterocycles. The molecule has 0 saturated heterocycles. The van der Waals surface area contributed by atoms with Crippen LogP contribution in [0.1, 0.15) is 41.0 Å². The minimum Gasteiger partial charge on any atom is -0.508 e.